The average Bonchev–Trinajstić information content (AvgIpc) is 2.69. The molecule has 2 heterocycles. The van der Waals surface area contributed by atoms with Crippen LogP contribution in [-0.2, 0) is 6.18 Å². The lowest BCUT2D eigenvalue weighted by molar-refractivity contribution is -0.141. The number of nitrogens with one attached hydrogen (secondary N) is 1. The molecule has 0 aliphatic heterocycles. The topological polar surface area (TPSA) is 61.6 Å². The summed E-state index contributed by atoms with van der Waals surface area (Å²) >= 11 is 1.07. The summed E-state index contributed by atoms with van der Waals surface area (Å²) in [5.74, 6) is 0. The predicted octanol–water partition coefficient (Wildman–Crippen LogP) is 3.48. The summed E-state index contributed by atoms with van der Waals surface area (Å²) in [5.41, 5.74) is 0.368. The minimum atomic E-state index is -4.46. The number of hydrogen-bond acceptors (Lipinski definition) is 5. The normalized spacial score (nSPS) is 11.1. The first-order valence-electron chi connectivity index (χ1n) is 5.08. The third kappa shape index (κ3) is 2.82. The van der Waals surface area contributed by atoms with Gasteiger partial charge in [0.2, 0.25) is 0 Å². The van der Waals surface area contributed by atoms with E-state index in [0.717, 1.165) is 23.8 Å². The Morgan fingerprint density at radius 1 is 1.37 bits per heavy atom. The molecule has 0 fully saturated rings. The number of nitriles is 1. The van der Waals surface area contributed by atoms with Gasteiger partial charge in [0, 0.05) is 0 Å². The monoisotopic (exact) mass is 284 g/mol. The molecule has 2 aromatic heterocycles. The van der Waals surface area contributed by atoms with Crippen LogP contribution >= 0.6 is 11.5 Å². The van der Waals surface area contributed by atoms with Crippen LogP contribution in [0.5, 0.6) is 0 Å². The number of alkyl halides is 3. The predicted molar refractivity (Wildman–Crippen MR) is 64.1 cm³/mol. The van der Waals surface area contributed by atoms with Gasteiger partial charge in [0.25, 0.3) is 0 Å². The van der Waals surface area contributed by atoms with Crippen LogP contribution in [0.15, 0.2) is 18.3 Å². The van der Waals surface area contributed by atoms with E-state index in [9.17, 15) is 13.2 Å². The molecule has 2 rings (SSSR count). The molecule has 0 saturated heterocycles. The minimum Gasteiger partial charge on any atom is -0.344 e. The molecule has 1 N–H and O–H groups in total. The van der Waals surface area contributed by atoms with Crippen molar-refractivity contribution in [1.82, 2.24) is 9.36 Å². The SMILES string of the molecule is Cc1nsc(Nc2ccc(C(F)(F)F)nc2)c1C#N. The summed E-state index contributed by atoms with van der Waals surface area (Å²) < 4.78 is 41.0. The largest absolute Gasteiger partial charge is 0.433 e. The molecule has 0 spiro atoms. The van der Waals surface area contributed by atoms with E-state index in [0.29, 0.717) is 21.9 Å². The standard InChI is InChI=1S/C11H7F3N4S/c1-6-8(4-15)10(19-18-6)17-7-2-3-9(16-5-7)11(12,13)14/h2-3,5,17H,1H3. The lowest BCUT2D eigenvalue weighted by atomic mass is 10.2. The molecule has 0 aromatic carbocycles. The van der Waals surface area contributed by atoms with Crippen LogP contribution in [0.4, 0.5) is 23.9 Å². The highest BCUT2D eigenvalue weighted by Gasteiger charge is 2.32. The lowest BCUT2D eigenvalue weighted by Crippen LogP contribution is -2.07. The van der Waals surface area contributed by atoms with Crippen LogP contribution in [0.3, 0.4) is 0 Å². The Kier molecular flexibility index (Phi) is 3.40. The Hall–Kier alpha value is -2.14. The second-order valence-electron chi connectivity index (χ2n) is 3.64. The van der Waals surface area contributed by atoms with E-state index in [-0.39, 0.29) is 0 Å². The van der Waals surface area contributed by atoms with E-state index in [1.54, 1.807) is 6.92 Å². The van der Waals surface area contributed by atoms with E-state index in [4.69, 9.17) is 5.26 Å². The van der Waals surface area contributed by atoms with Gasteiger partial charge in [0.1, 0.15) is 22.3 Å². The highest BCUT2D eigenvalue weighted by Crippen LogP contribution is 2.30. The Labute approximate surface area is 110 Å². The number of aromatic nitrogens is 2. The van der Waals surface area contributed by atoms with Crippen molar-refractivity contribution in [3.05, 3.63) is 35.3 Å². The van der Waals surface area contributed by atoms with E-state index < -0.39 is 11.9 Å². The van der Waals surface area contributed by atoms with E-state index in [1.165, 1.54) is 6.07 Å². The van der Waals surface area contributed by atoms with Gasteiger partial charge >= 0.3 is 6.18 Å². The maximum absolute atomic E-state index is 12.3. The average molecular weight is 284 g/mol. The van der Waals surface area contributed by atoms with Crippen LogP contribution in [0, 0.1) is 18.3 Å². The molecular weight excluding hydrogens is 277 g/mol. The first-order valence-corrected chi connectivity index (χ1v) is 5.86. The fourth-order valence-electron chi connectivity index (χ4n) is 1.35. The molecule has 0 amide bonds. The summed E-state index contributed by atoms with van der Waals surface area (Å²) in [6.07, 6.45) is -3.39. The molecule has 2 aromatic rings. The smallest absolute Gasteiger partial charge is 0.344 e. The van der Waals surface area contributed by atoms with Gasteiger partial charge in [-0.05, 0) is 30.6 Å². The van der Waals surface area contributed by atoms with Crippen molar-refractivity contribution in [1.29, 1.82) is 5.26 Å². The molecule has 19 heavy (non-hydrogen) atoms. The molecule has 8 heteroatoms. The number of anilines is 2. The van der Waals surface area contributed by atoms with Crippen LogP contribution in [-0.4, -0.2) is 9.36 Å². The molecule has 0 atom stereocenters. The minimum absolute atomic E-state index is 0.369. The molecule has 98 valence electrons. The molecule has 0 aliphatic rings. The maximum Gasteiger partial charge on any atom is 0.433 e. The van der Waals surface area contributed by atoms with Crippen molar-refractivity contribution in [2.75, 3.05) is 5.32 Å². The lowest BCUT2D eigenvalue weighted by Gasteiger charge is -2.07. The van der Waals surface area contributed by atoms with Crippen molar-refractivity contribution in [3.63, 3.8) is 0 Å². The zero-order valence-electron chi connectivity index (χ0n) is 9.62. The first-order chi connectivity index (χ1) is 8.91. The zero-order chi connectivity index (χ0) is 14.0. The van der Waals surface area contributed by atoms with Gasteiger partial charge in [-0.25, -0.2) is 4.98 Å². The third-order valence-corrected chi connectivity index (χ3v) is 3.14. The number of pyridine rings is 1. The van der Waals surface area contributed by atoms with E-state index >= 15 is 0 Å². The second-order valence-corrected chi connectivity index (χ2v) is 4.41. The molecule has 0 radical (unpaired) electrons. The third-order valence-electron chi connectivity index (χ3n) is 2.29. The quantitative estimate of drug-likeness (QED) is 0.917. The van der Waals surface area contributed by atoms with E-state index in [1.807, 2.05) is 6.07 Å². The summed E-state index contributed by atoms with van der Waals surface area (Å²) in [7, 11) is 0. The van der Waals surface area contributed by atoms with Crippen molar-refractivity contribution in [3.8, 4) is 6.07 Å². The Balaban J connectivity index is 2.23. The Morgan fingerprint density at radius 3 is 2.63 bits per heavy atom. The highest BCUT2D eigenvalue weighted by atomic mass is 32.1. The summed E-state index contributed by atoms with van der Waals surface area (Å²) in [4.78, 5) is 3.32. The number of halogens is 3. The van der Waals surface area contributed by atoms with Gasteiger partial charge in [-0.2, -0.15) is 22.8 Å². The summed E-state index contributed by atoms with van der Waals surface area (Å²) in [6.45, 7) is 1.69. The fourth-order valence-corrected chi connectivity index (χ4v) is 2.12. The van der Waals surface area contributed by atoms with Crippen molar-refractivity contribution in [2.24, 2.45) is 0 Å². The fraction of sp³-hybridized carbons (Fsp3) is 0.182. The van der Waals surface area contributed by atoms with Crippen LogP contribution in [0.25, 0.3) is 0 Å². The van der Waals surface area contributed by atoms with Gasteiger partial charge in [0.05, 0.1) is 17.6 Å². The number of rotatable bonds is 2. The molecular formula is C11H7F3N4S. The molecule has 0 unspecified atom stereocenters. The van der Waals surface area contributed by atoms with Crippen LogP contribution in [0.2, 0.25) is 0 Å². The molecule has 0 aliphatic carbocycles. The van der Waals surface area contributed by atoms with Gasteiger partial charge in [-0.15, -0.1) is 0 Å². The maximum atomic E-state index is 12.3. The number of aryl methyl sites for hydroxylation is 1. The molecule has 0 saturated carbocycles. The molecule has 4 nitrogen and oxygen atoms in total. The van der Waals surface area contributed by atoms with Crippen LogP contribution in [0.1, 0.15) is 17.0 Å². The van der Waals surface area contributed by atoms with Crippen LogP contribution < -0.4 is 5.32 Å². The van der Waals surface area contributed by atoms with Gasteiger partial charge in [0.15, 0.2) is 0 Å². The van der Waals surface area contributed by atoms with Crippen molar-refractivity contribution >= 4 is 22.2 Å². The zero-order valence-corrected chi connectivity index (χ0v) is 10.4. The van der Waals surface area contributed by atoms with Gasteiger partial charge in [-0.3, -0.25) is 0 Å². The summed E-state index contributed by atoms with van der Waals surface area (Å²) in [5, 5.41) is 12.2. The second kappa shape index (κ2) is 4.85. The Morgan fingerprint density at radius 2 is 2.11 bits per heavy atom. The highest BCUT2D eigenvalue weighted by molar-refractivity contribution is 7.10. The van der Waals surface area contributed by atoms with Gasteiger partial charge in [-0.1, -0.05) is 0 Å². The Bertz CT molecular complexity index is 625. The number of nitrogens with zero attached hydrogens (tertiary/aromatic N) is 3. The van der Waals surface area contributed by atoms with E-state index in [2.05, 4.69) is 14.7 Å². The van der Waals surface area contributed by atoms with Crippen molar-refractivity contribution in [2.45, 2.75) is 13.1 Å². The first kappa shape index (κ1) is 13.3. The summed E-state index contributed by atoms with van der Waals surface area (Å²) in [6, 6.07) is 4.12. The molecule has 0 bridgehead atoms. The number of hydrogen-bond donors (Lipinski definition) is 1. The van der Waals surface area contributed by atoms with Gasteiger partial charge < -0.3 is 5.32 Å². The van der Waals surface area contributed by atoms with Crippen molar-refractivity contribution < 1.29 is 13.2 Å².